The first-order valence-electron chi connectivity index (χ1n) is 12.0. The van der Waals surface area contributed by atoms with Crippen molar-refractivity contribution >= 4 is 34.7 Å². The van der Waals surface area contributed by atoms with E-state index in [9.17, 15) is 4.79 Å². The molecule has 4 aromatic rings. The van der Waals surface area contributed by atoms with E-state index in [0.717, 1.165) is 36.5 Å². The smallest absolute Gasteiger partial charge is 0.323 e. The zero-order valence-electron chi connectivity index (χ0n) is 20.2. The van der Waals surface area contributed by atoms with Gasteiger partial charge < -0.3 is 24.4 Å². The van der Waals surface area contributed by atoms with Crippen molar-refractivity contribution in [2.75, 3.05) is 26.0 Å². The van der Waals surface area contributed by atoms with E-state index in [1.165, 1.54) is 21.0 Å². The summed E-state index contributed by atoms with van der Waals surface area (Å²) in [5.74, 6) is 0.784. The minimum Gasteiger partial charge on any atom is -0.497 e. The number of nitrogens with zero attached hydrogens (tertiary/aromatic N) is 3. The summed E-state index contributed by atoms with van der Waals surface area (Å²) in [6.45, 7) is 2.47. The Labute approximate surface area is 219 Å². The molecular weight excluding hydrogens is 492 g/mol. The number of ether oxygens (including phenoxy) is 1. The van der Waals surface area contributed by atoms with E-state index in [4.69, 9.17) is 16.3 Å². The molecule has 0 radical (unpaired) electrons. The van der Waals surface area contributed by atoms with Gasteiger partial charge in [-0.1, -0.05) is 35.9 Å². The number of benzene rings is 2. The van der Waals surface area contributed by atoms with Crippen LogP contribution in [0.5, 0.6) is 5.75 Å². The first-order chi connectivity index (χ1) is 17.5. The minimum absolute atomic E-state index is 0.183. The number of fused-ring (bicyclic) bond motifs is 5. The largest absolute Gasteiger partial charge is 0.497 e. The van der Waals surface area contributed by atoms with Crippen LogP contribution in [0.1, 0.15) is 33.3 Å². The number of halogens is 1. The number of carbonyl (C=O) groups is 1. The Balaban J connectivity index is 1.49. The molecular formula is C28H27ClN4O2S. The molecule has 4 heterocycles. The summed E-state index contributed by atoms with van der Waals surface area (Å²) in [4.78, 5) is 19.7. The zero-order valence-corrected chi connectivity index (χ0v) is 21.8. The standard InChI is InChI=1S/C28H27ClN4O2S/c1-31-15-13-20-21-16-33(28(34)30-23-7-4-3-6-22(23)29)26(18-9-11-19(35-2)12-10-18)24-8-5-14-32(24)27(21)36-25(20)17-31/h3-12,14,26H,13,15-17H2,1-2H3,(H,30,34). The topological polar surface area (TPSA) is 49.7 Å². The van der Waals surface area contributed by atoms with Crippen molar-refractivity contribution in [3.8, 4) is 10.8 Å². The Morgan fingerprint density at radius 1 is 1.06 bits per heavy atom. The van der Waals surface area contributed by atoms with Crippen LogP contribution in [0.25, 0.3) is 5.00 Å². The molecule has 6 rings (SSSR count). The molecule has 0 saturated heterocycles. The van der Waals surface area contributed by atoms with Crippen LogP contribution in [0.3, 0.4) is 0 Å². The van der Waals surface area contributed by atoms with E-state index >= 15 is 0 Å². The van der Waals surface area contributed by atoms with Crippen molar-refractivity contribution in [2.45, 2.75) is 25.6 Å². The van der Waals surface area contributed by atoms with Crippen molar-refractivity contribution in [3.63, 3.8) is 0 Å². The van der Waals surface area contributed by atoms with E-state index in [-0.39, 0.29) is 12.1 Å². The molecule has 2 aromatic carbocycles. The lowest BCUT2D eigenvalue weighted by Crippen LogP contribution is -2.38. The summed E-state index contributed by atoms with van der Waals surface area (Å²) in [6.07, 6.45) is 3.10. The summed E-state index contributed by atoms with van der Waals surface area (Å²) in [5, 5.41) is 4.80. The Hall–Kier alpha value is -3.26. The van der Waals surface area contributed by atoms with Crippen LogP contribution < -0.4 is 10.1 Å². The van der Waals surface area contributed by atoms with Crippen LogP contribution >= 0.6 is 22.9 Å². The van der Waals surface area contributed by atoms with Gasteiger partial charge in [0.05, 0.1) is 36.1 Å². The third-order valence-corrected chi connectivity index (χ3v) is 8.65. The fraction of sp³-hybridized carbons (Fsp3) is 0.250. The Kier molecular flexibility index (Phi) is 5.99. The van der Waals surface area contributed by atoms with Gasteiger partial charge in [-0.25, -0.2) is 4.79 Å². The molecule has 1 N–H and O–H groups in total. The van der Waals surface area contributed by atoms with Crippen LogP contribution in [0.2, 0.25) is 5.02 Å². The molecule has 6 nitrogen and oxygen atoms in total. The lowest BCUT2D eigenvalue weighted by molar-refractivity contribution is 0.194. The number of nitrogens with one attached hydrogen (secondary N) is 1. The van der Waals surface area contributed by atoms with E-state index in [0.29, 0.717) is 17.3 Å². The van der Waals surface area contributed by atoms with Crippen molar-refractivity contribution in [1.82, 2.24) is 14.4 Å². The predicted molar refractivity (Wildman–Crippen MR) is 145 cm³/mol. The summed E-state index contributed by atoms with van der Waals surface area (Å²) < 4.78 is 7.67. The predicted octanol–water partition coefficient (Wildman–Crippen LogP) is 6.33. The lowest BCUT2D eigenvalue weighted by atomic mass is 10.00. The zero-order chi connectivity index (χ0) is 24.8. The van der Waals surface area contributed by atoms with Crippen LogP contribution in [0.4, 0.5) is 10.5 Å². The van der Waals surface area contributed by atoms with Crippen molar-refractivity contribution < 1.29 is 9.53 Å². The Morgan fingerprint density at radius 2 is 1.86 bits per heavy atom. The number of amides is 2. The fourth-order valence-electron chi connectivity index (χ4n) is 5.24. The van der Waals surface area contributed by atoms with Crippen LogP contribution in [-0.2, 0) is 19.5 Å². The first kappa shape index (κ1) is 23.2. The highest BCUT2D eigenvalue weighted by Crippen LogP contribution is 2.43. The number of likely N-dealkylation sites (N-methyl/N-ethyl adjacent to an activating group) is 1. The maximum atomic E-state index is 14.0. The van der Waals surface area contributed by atoms with E-state index < -0.39 is 0 Å². The number of para-hydroxylation sites is 1. The lowest BCUT2D eigenvalue weighted by Gasteiger charge is -2.32. The van der Waals surface area contributed by atoms with Gasteiger partial charge in [-0.05, 0) is 61.0 Å². The molecule has 184 valence electrons. The van der Waals surface area contributed by atoms with Gasteiger partial charge in [-0.2, -0.15) is 0 Å². The number of anilines is 1. The van der Waals surface area contributed by atoms with Crippen LogP contribution in [-0.4, -0.2) is 41.1 Å². The minimum atomic E-state index is -0.282. The third kappa shape index (κ3) is 3.97. The third-order valence-electron chi connectivity index (χ3n) is 7.06. The average molecular weight is 519 g/mol. The van der Waals surface area contributed by atoms with Gasteiger partial charge in [0, 0.05) is 29.7 Å². The molecule has 2 amide bonds. The highest BCUT2D eigenvalue weighted by atomic mass is 35.5. The monoisotopic (exact) mass is 518 g/mol. The molecule has 0 spiro atoms. The normalized spacial score (nSPS) is 17.1. The molecule has 8 heteroatoms. The molecule has 0 aliphatic carbocycles. The van der Waals surface area contributed by atoms with Gasteiger partial charge in [0.2, 0.25) is 0 Å². The number of methoxy groups -OCH3 is 1. The first-order valence-corrected chi connectivity index (χ1v) is 13.2. The van der Waals surface area contributed by atoms with Gasteiger partial charge in [0.25, 0.3) is 0 Å². The molecule has 1 atom stereocenters. The second kappa shape index (κ2) is 9.32. The second-order valence-electron chi connectivity index (χ2n) is 9.29. The average Bonchev–Trinajstić information content (AvgIpc) is 3.47. The van der Waals surface area contributed by atoms with Crippen molar-refractivity contribution in [2.24, 2.45) is 0 Å². The van der Waals surface area contributed by atoms with Gasteiger partial charge in [0.1, 0.15) is 10.8 Å². The molecule has 0 bridgehead atoms. The summed E-state index contributed by atoms with van der Waals surface area (Å²) in [6, 6.07) is 19.1. The van der Waals surface area contributed by atoms with Crippen LogP contribution in [0.15, 0.2) is 66.9 Å². The number of thiophene rings is 1. The Bertz CT molecular complexity index is 1430. The number of urea groups is 1. The molecule has 2 aliphatic rings. The SMILES string of the molecule is COc1ccc(C2c3cccn3-c3sc4c(c3CN2C(=O)Nc2ccccc2Cl)CCN(C)C4)cc1. The highest BCUT2D eigenvalue weighted by Gasteiger charge is 2.36. The van der Waals surface area contributed by atoms with Gasteiger partial charge in [0.15, 0.2) is 0 Å². The van der Waals surface area contributed by atoms with Gasteiger partial charge >= 0.3 is 6.03 Å². The van der Waals surface area contributed by atoms with Gasteiger partial charge in [-0.3, -0.25) is 0 Å². The summed E-state index contributed by atoms with van der Waals surface area (Å²) in [5.41, 5.74) is 5.31. The second-order valence-corrected chi connectivity index (χ2v) is 10.8. The fourth-order valence-corrected chi connectivity index (χ4v) is 6.86. The molecule has 0 fully saturated rings. The molecule has 2 aliphatic heterocycles. The highest BCUT2D eigenvalue weighted by molar-refractivity contribution is 7.15. The van der Waals surface area contributed by atoms with E-state index in [1.807, 2.05) is 58.7 Å². The Morgan fingerprint density at radius 3 is 2.64 bits per heavy atom. The van der Waals surface area contributed by atoms with Crippen LogP contribution in [0, 0.1) is 0 Å². The van der Waals surface area contributed by atoms with E-state index in [1.54, 1.807) is 13.2 Å². The van der Waals surface area contributed by atoms with Crippen molar-refractivity contribution in [3.05, 3.63) is 99.1 Å². The number of aromatic nitrogens is 1. The summed E-state index contributed by atoms with van der Waals surface area (Å²) in [7, 11) is 3.83. The van der Waals surface area contributed by atoms with Crippen molar-refractivity contribution in [1.29, 1.82) is 0 Å². The number of hydrogen-bond donors (Lipinski definition) is 1. The number of carbonyl (C=O) groups excluding carboxylic acids is 1. The quantitative estimate of drug-likeness (QED) is 0.345. The molecule has 2 aromatic heterocycles. The summed E-state index contributed by atoms with van der Waals surface area (Å²) >= 11 is 8.26. The molecule has 0 saturated carbocycles. The number of hydrogen-bond acceptors (Lipinski definition) is 4. The molecule has 1 unspecified atom stereocenters. The van der Waals surface area contributed by atoms with Gasteiger partial charge in [-0.15, -0.1) is 11.3 Å². The van der Waals surface area contributed by atoms with E-state index in [2.05, 4.69) is 40.2 Å². The number of rotatable bonds is 3. The molecule has 36 heavy (non-hydrogen) atoms. The maximum Gasteiger partial charge on any atom is 0.323 e. The maximum absolute atomic E-state index is 14.0.